The molecule has 8 heteroatoms. The number of amides is 1. The minimum atomic E-state index is -0.746. The van der Waals surface area contributed by atoms with Gasteiger partial charge in [-0.15, -0.1) is 0 Å². The third-order valence-corrected chi connectivity index (χ3v) is 5.60. The molecule has 2 aromatic rings. The first kappa shape index (κ1) is 23.6. The number of methoxy groups -OCH3 is 2. The summed E-state index contributed by atoms with van der Waals surface area (Å²) in [6.07, 6.45) is 0.674. The summed E-state index contributed by atoms with van der Waals surface area (Å²) in [5.74, 6) is -0.761. The number of Topliss-reactive ketones (excluding diaryl/α,β-unsaturated/α-hetero) is 1. The van der Waals surface area contributed by atoms with Gasteiger partial charge in [-0.05, 0) is 63.0 Å². The Bertz CT molecular complexity index is 1050. The Morgan fingerprint density at radius 3 is 2.44 bits per heavy atom. The number of rotatable bonds is 8. The maximum absolute atomic E-state index is 13.1. The molecule has 170 valence electrons. The molecule has 7 nitrogen and oxygen atoms in total. The summed E-state index contributed by atoms with van der Waals surface area (Å²) >= 11 is 6.20. The molecule has 1 amide bonds. The molecule has 0 aromatic heterocycles. The van der Waals surface area contributed by atoms with Crippen molar-refractivity contribution in [2.24, 2.45) is 0 Å². The zero-order valence-corrected chi connectivity index (χ0v) is 19.3. The van der Waals surface area contributed by atoms with Gasteiger partial charge in [0.05, 0.1) is 25.8 Å². The van der Waals surface area contributed by atoms with Crippen LogP contribution in [0.2, 0.25) is 5.02 Å². The number of hydrogen-bond donors (Lipinski definition) is 1. The van der Waals surface area contributed by atoms with Gasteiger partial charge in [-0.3, -0.25) is 9.59 Å². The lowest BCUT2D eigenvalue weighted by molar-refractivity contribution is -0.139. The highest BCUT2D eigenvalue weighted by molar-refractivity contribution is 6.46. The SMILES string of the molecule is COc1ccc(/C(O)=C2/C(=O)C(=O)N(CCCN(C)C)[C@@H]2c2cccc(Cl)c2)cc1OC. The normalized spacial score (nSPS) is 17.8. The second-order valence-corrected chi connectivity index (χ2v) is 8.21. The van der Waals surface area contributed by atoms with Gasteiger partial charge >= 0.3 is 0 Å². The van der Waals surface area contributed by atoms with Crippen LogP contribution in [0.3, 0.4) is 0 Å². The molecular formula is C24H27ClN2O5. The lowest BCUT2D eigenvalue weighted by Gasteiger charge is -2.26. The highest BCUT2D eigenvalue weighted by atomic mass is 35.5. The maximum Gasteiger partial charge on any atom is 0.295 e. The Morgan fingerprint density at radius 2 is 1.81 bits per heavy atom. The van der Waals surface area contributed by atoms with Crippen molar-refractivity contribution in [3.63, 3.8) is 0 Å². The zero-order chi connectivity index (χ0) is 23.4. The van der Waals surface area contributed by atoms with E-state index in [1.54, 1.807) is 42.5 Å². The van der Waals surface area contributed by atoms with E-state index < -0.39 is 17.7 Å². The van der Waals surface area contributed by atoms with E-state index >= 15 is 0 Å². The molecule has 3 rings (SSSR count). The number of hydrogen-bond acceptors (Lipinski definition) is 6. The number of carbonyl (C=O) groups excluding carboxylic acids is 2. The molecule has 1 aliphatic rings. The van der Waals surface area contributed by atoms with E-state index in [4.69, 9.17) is 21.1 Å². The minimum Gasteiger partial charge on any atom is -0.507 e. The van der Waals surface area contributed by atoms with Crippen LogP contribution in [0.1, 0.15) is 23.6 Å². The summed E-state index contributed by atoms with van der Waals surface area (Å²) in [7, 11) is 6.88. The van der Waals surface area contributed by atoms with Gasteiger partial charge in [0.15, 0.2) is 11.5 Å². The second kappa shape index (κ2) is 10.1. The highest BCUT2D eigenvalue weighted by Crippen LogP contribution is 2.41. The van der Waals surface area contributed by atoms with Crippen molar-refractivity contribution in [3.05, 3.63) is 64.2 Å². The van der Waals surface area contributed by atoms with Gasteiger partial charge in [-0.1, -0.05) is 23.7 Å². The molecule has 0 saturated carbocycles. The van der Waals surface area contributed by atoms with Gasteiger partial charge < -0.3 is 24.4 Å². The molecule has 0 bridgehead atoms. The highest BCUT2D eigenvalue weighted by Gasteiger charge is 2.45. The van der Waals surface area contributed by atoms with Crippen molar-refractivity contribution in [1.82, 2.24) is 9.80 Å². The molecule has 0 spiro atoms. The van der Waals surface area contributed by atoms with Crippen LogP contribution >= 0.6 is 11.6 Å². The molecule has 1 aliphatic heterocycles. The molecule has 0 radical (unpaired) electrons. The van der Waals surface area contributed by atoms with E-state index in [2.05, 4.69) is 0 Å². The van der Waals surface area contributed by atoms with Crippen molar-refractivity contribution >= 4 is 29.1 Å². The number of halogens is 1. The van der Waals surface area contributed by atoms with Crippen molar-refractivity contribution in [2.75, 3.05) is 41.4 Å². The van der Waals surface area contributed by atoms with Crippen molar-refractivity contribution in [2.45, 2.75) is 12.5 Å². The van der Waals surface area contributed by atoms with Gasteiger partial charge in [0.2, 0.25) is 0 Å². The van der Waals surface area contributed by atoms with Crippen LogP contribution in [0, 0.1) is 0 Å². The lowest BCUT2D eigenvalue weighted by Crippen LogP contribution is -2.32. The van der Waals surface area contributed by atoms with Crippen LogP contribution in [0.5, 0.6) is 11.5 Å². The van der Waals surface area contributed by atoms with Crippen LogP contribution in [0.4, 0.5) is 0 Å². The Labute approximate surface area is 192 Å². The molecule has 1 fully saturated rings. The average molecular weight is 459 g/mol. The molecule has 1 atom stereocenters. The number of ether oxygens (including phenoxy) is 2. The van der Waals surface area contributed by atoms with Crippen molar-refractivity contribution in [3.8, 4) is 11.5 Å². The number of ketones is 1. The van der Waals surface area contributed by atoms with Gasteiger partial charge in [0.25, 0.3) is 11.7 Å². The Balaban J connectivity index is 2.12. The number of nitrogens with zero attached hydrogens (tertiary/aromatic N) is 2. The first-order valence-electron chi connectivity index (χ1n) is 10.2. The molecule has 2 aromatic carbocycles. The van der Waals surface area contributed by atoms with Crippen molar-refractivity contribution in [1.29, 1.82) is 0 Å². The maximum atomic E-state index is 13.1. The second-order valence-electron chi connectivity index (χ2n) is 7.77. The molecule has 1 heterocycles. The van der Waals surface area contributed by atoms with Gasteiger partial charge in [-0.25, -0.2) is 0 Å². The monoisotopic (exact) mass is 458 g/mol. The third kappa shape index (κ3) is 4.74. The summed E-state index contributed by atoms with van der Waals surface area (Å²) in [6, 6.07) is 11.1. The summed E-state index contributed by atoms with van der Waals surface area (Å²) < 4.78 is 10.6. The predicted molar refractivity (Wildman–Crippen MR) is 123 cm³/mol. The van der Waals surface area contributed by atoms with Gasteiger partial charge in [-0.2, -0.15) is 0 Å². The third-order valence-electron chi connectivity index (χ3n) is 5.37. The first-order valence-corrected chi connectivity index (χ1v) is 10.6. The Morgan fingerprint density at radius 1 is 1.09 bits per heavy atom. The van der Waals surface area contributed by atoms with Crippen LogP contribution in [0.25, 0.3) is 5.76 Å². The van der Waals surface area contributed by atoms with E-state index in [0.29, 0.717) is 40.6 Å². The van der Waals surface area contributed by atoms with E-state index in [-0.39, 0.29) is 11.3 Å². The Hall–Kier alpha value is -3.03. The van der Waals surface area contributed by atoms with Crippen molar-refractivity contribution < 1.29 is 24.2 Å². The van der Waals surface area contributed by atoms with E-state index in [9.17, 15) is 14.7 Å². The first-order chi connectivity index (χ1) is 15.3. The molecule has 0 unspecified atom stereocenters. The van der Waals surface area contributed by atoms with E-state index in [1.807, 2.05) is 19.0 Å². The number of aliphatic hydroxyl groups is 1. The fourth-order valence-corrected chi connectivity index (χ4v) is 4.03. The minimum absolute atomic E-state index is 0.0225. The fraction of sp³-hybridized carbons (Fsp3) is 0.333. The predicted octanol–water partition coefficient (Wildman–Crippen LogP) is 3.73. The molecule has 1 N–H and O–H groups in total. The topological polar surface area (TPSA) is 79.3 Å². The van der Waals surface area contributed by atoms with E-state index in [0.717, 1.165) is 6.54 Å². The molecule has 1 saturated heterocycles. The molecule has 32 heavy (non-hydrogen) atoms. The lowest BCUT2D eigenvalue weighted by atomic mass is 9.95. The number of likely N-dealkylation sites (tertiary alicyclic amines) is 1. The van der Waals surface area contributed by atoms with E-state index in [1.165, 1.54) is 19.1 Å². The number of benzene rings is 2. The Kier molecular flexibility index (Phi) is 7.43. The van der Waals surface area contributed by atoms with Crippen LogP contribution in [-0.2, 0) is 9.59 Å². The smallest absolute Gasteiger partial charge is 0.295 e. The summed E-state index contributed by atoms with van der Waals surface area (Å²) in [5, 5.41) is 11.6. The largest absolute Gasteiger partial charge is 0.507 e. The average Bonchev–Trinajstić information content (AvgIpc) is 3.02. The molecule has 0 aliphatic carbocycles. The van der Waals surface area contributed by atoms with Crippen LogP contribution < -0.4 is 9.47 Å². The summed E-state index contributed by atoms with van der Waals surface area (Å²) in [5.41, 5.74) is 1.03. The summed E-state index contributed by atoms with van der Waals surface area (Å²) in [6.45, 7) is 1.11. The quantitative estimate of drug-likeness (QED) is 0.369. The van der Waals surface area contributed by atoms with Crippen LogP contribution in [-0.4, -0.2) is 68.0 Å². The van der Waals surface area contributed by atoms with Gasteiger partial charge in [0.1, 0.15) is 5.76 Å². The number of carbonyl (C=O) groups is 2. The summed E-state index contributed by atoms with van der Waals surface area (Å²) in [4.78, 5) is 29.5. The zero-order valence-electron chi connectivity index (χ0n) is 18.6. The molecular weight excluding hydrogens is 432 g/mol. The fourth-order valence-electron chi connectivity index (χ4n) is 3.83. The standard InChI is InChI=1S/C24H27ClN2O5/c1-26(2)11-6-12-27-21(15-7-5-8-17(25)13-15)20(23(29)24(27)30)22(28)16-9-10-18(31-3)19(14-16)32-4/h5,7-10,13-14,21,28H,6,11-12H2,1-4H3/b22-20-/t21-/m1/s1. The van der Waals surface area contributed by atoms with Gasteiger partial charge in [0, 0.05) is 17.1 Å². The van der Waals surface area contributed by atoms with Crippen LogP contribution in [0.15, 0.2) is 48.0 Å². The number of aliphatic hydroxyl groups excluding tert-OH is 1.